The van der Waals surface area contributed by atoms with Gasteiger partial charge in [0.2, 0.25) is 5.91 Å². The zero-order valence-corrected chi connectivity index (χ0v) is 15.3. The number of hydrogen-bond donors (Lipinski definition) is 0. The SMILES string of the molecule is CCN1c2cccnc2-n2cccc2[C@]12CCN(C(=O)CC(C)C)C2. The lowest BCUT2D eigenvalue weighted by atomic mass is 9.89. The van der Waals surface area contributed by atoms with Crippen LogP contribution in [-0.4, -0.2) is 40.0 Å². The van der Waals surface area contributed by atoms with Gasteiger partial charge in [0.15, 0.2) is 5.82 Å². The standard InChI is InChI=1S/C20H26N4O/c1-4-24-16-7-5-10-21-19(16)23-11-6-8-17(23)20(24)9-12-22(14-20)18(25)13-15(2)3/h5-8,10-11,15H,4,9,12-14H2,1-3H3/t20-/m1/s1. The number of pyridine rings is 1. The highest BCUT2D eigenvalue weighted by Crippen LogP contribution is 2.46. The van der Waals surface area contributed by atoms with E-state index in [1.807, 2.05) is 12.3 Å². The fourth-order valence-corrected chi connectivity index (χ4v) is 4.49. The number of amides is 1. The quantitative estimate of drug-likeness (QED) is 0.863. The number of anilines is 1. The first kappa shape index (κ1) is 16.2. The molecule has 2 aliphatic rings. The van der Waals surface area contributed by atoms with Crippen molar-refractivity contribution in [2.45, 2.75) is 39.2 Å². The van der Waals surface area contributed by atoms with E-state index >= 15 is 0 Å². The van der Waals surface area contributed by atoms with Crippen molar-refractivity contribution >= 4 is 11.6 Å². The van der Waals surface area contributed by atoms with E-state index in [9.17, 15) is 4.79 Å². The van der Waals surface area contributed by atoms with Gasteiger partial charge < -0.3 is 14.4 Å². The van der Waals surface area contributed by atoms with E-state index in [1.54, 1.807) is 0 Å². The van der Waals surface area contributed by atoms with E-state index in [0.717, 1.165) is 37.6 Å². The Morgan fingerprint density at radius 1 is 1.32 bits per heavy atom. The van der Waals surface area contributed by atoms with E-state index in [0.29, 0.717) is 12.3 Å². The molecule has 4 rings (SSSR count). The predicted octanol–water partition coefficient (Wildman–Crippen LogP) is 3.19. The first-order valence-corrected chi connectivity index (χ1v) is 9.25. The third-order valence-electron chi connectivity index (χ3n) is 5.53. The summed E-state index contributed by atoms with van der Waals surface area (Å²) in [5.74, 6) is 1.66. The van der Waals surface area contributed by atoms with Crippen molar-refractivity contribution < 1.29 is 4.79 Å². The summed E-state index contributed by atoms with van der Waals surface area (Å²) < 4.78 is 2.21. The molecule has 1 amide bonds. The van der Waals surface area contributed by atoms with Crippen molar-refractivity contribution in [3.8, 4) is 5.82 Å². The number of hydrogen-bond acceptors (Lipinski definition) is 3. The minimum absolute atomic E-state index is 0.152. The average molecular weight is 338 g/mol. The summed E-state index contributed by atoms with van der Waals surface area (Å²) in [7, 11) is 0. The maximum Gasteiger partial charge on any atom is 0.222 e. The highest BCUT2D eigenvalue weighted by molar-refractivity contribution is 5.77. The van der Waals surface area contributed by atoms with Gasteiger partial charge in [0.05, 0.1) is 16.9 Å². The van der Waals surface area contributed by atoms with Crippen LogP contribution in [0.4, 0.5) is 5.69 Å². The van der Waals surface area contributed by atoms with Gasteiger partial charge >= 0.3 is 0 Å². The van der Waals surface area contributed by atoms with Crippen LogP contribution in [0.15, 0.2) is 36.7 Å². The average Bonchev–Trinajstić information content (AvgIpc) is 3.23. The predicted molar refractivity (Wildman–Crippen MR) is 98.9 cm³/mol. The van der Waals surface area contributed by atoms with Crippen LogP contribution in [0.3, 0.4) is 0 Å². The van der Waals surface area contributed by atoms with E-state index in [4.69, 9.17) is 0 Å². The third kappa shape index (κ3) is 2.36. The minimum atomic E-state index is -0.152. The van der Waals surface area contributed by atoms with Crippen LogP contribution in [0.1, 0.15) is 39.3 Å². The summed E-state index contributed by atoms with van der Waals surface area (Å²) in [6.07, 6.45) is 5.53. The summed E-state index contributed by atoms with van der Waals surface area (Å²) in [6.45, 7) is 8.88. The molecule has 1 saturated heterocycles. The molecule has 1 spiro atoms. The topological polar surface area (TPSA) is 41.4 Å². The summed E-state index contributed by atoms with van der Waals surface area (Å²) in [5.41, 5.74) is 2.26. The van der Waals surface area contributed by atoms with E-state index < -0.39 is 0 Å². The summed E-state index contributed by atoms with van der Waals surface area (Å²) in [5, 5.41) is 0. The monoisotopic (exact) mass is 338 g/mol. The van der Waals surface area contributed by atoms with Crippen LogP contribution in [-0.2, 0) is 10.3 Å². The molecule has 25 heavy (non-hydrogen) atoms. The minimum Gasteiger partial charge on any atom is -0.356 e. The third-order valence-corrected chi connectivity index (χ3v) is 5.53. The Morgan fingerprint density at radius 2 is 2.16 bits per heavy atom. The number of carbonyl (C=O) groups is 1. The molecule has 0 bridgehead atoms. The molecule has 5 heteroatoms. The molecular formula is C20H26N4O. The second kappa shape index (κ2) is 5.90. The van der Waals surface area contributed by atoms with Crippen LogP contribution >= 0.6 is 0 Å². The van der Waals surface area contributed by atoms with Gasteiger partial charge in [-0.05, 0) is 43.5 Å². The Labute approximate surface area is 149 Å². The van der Waals surface area contributed by atoms with Crippen LogP contribution in [0.2, 0.25) is 0 Å². The Balaban J connectivity index is 1.76. The van der Waals surface area contributed by atoms with Crippen molar-refractivity contribution in [1.29, 1.82) is 0 Å². The smallest absolute Gasteiger partial charge is 0.222 e. The molecule has 0 aromatic carbocycles. The molecule has 2 aromatic heterocycles. The van der Waals surface area contributed by atoms with E-state index in [-0.39, 0.29) is 11.4 Å². The molecule has 2 aromatic rings. The van der Waals surface area contributed by atoms with Gasteiger partial charge in [-0.15, -0.1) is 0 Å². The molecule has 0 saturated carbocycles. The van der Waals surface area contributed by atoms with Gasteiger partial charge in [-0.25, -0.2) is 4.98 Å². The largest absolute Gasteiger partial charge is 0.356 e. The fraction of sp³-hybridized carbons (Fsp3) is 0.500. The van der Waals surface area contributed by atoms with Crippen LogP contribution in [0.5, 0.6) is 0 Å². The van der Waals surface area contributed by atoms with Gasteiger partial charge in [-0.2, -0.15) is 0 Å². The van der Waals surface area contributed by atoms with Gasteiger partial charge in [0.1, 0.15) is 0 Å². The zero-order chi connectivity index (χ0) is 17.6. The first-order valence-electron chi connectivity index (χ1n) is 9.25. The molecular weight excluding hydrogens is 312 g/mol. The maximum absolute atomic E-state index is 12.7. The number of fused-ring (bicyclic) bond motifs is 4. The Morgan fingerprint density at radius 3 is 2.92 bits per heavy atom. The summed E-state index contributed by atoms with van der Waals surface area (Å²) in [4.78, 5) is 21.8. The Bertz CT molecular complexity index is 796. The zero-order valence-electron chi connectivity index (χ0n) is 15.3. The van der Waals surface area contributed by atoms with Gasteiger partial charge in [-0.3, -0.25) is 4.79 Å². The molecule has 0 radical (unpaired) electrons. The number of rotatable bonds is 3. The highest BCUT2D eigenvalue weighted by Gasteiger charge is 2.50. The molecule has 1 atom stereocenters. The molecule has 4 heterocycles. The fourth-order valence-electron chi connectivity index (χ4n) is 4.49. The van der Waals surface area contributed by atoms with Crippen molar-refractivity contribution in [3.63, 3.8) is 0 Å². The van der Waals surface area contributed by atoms with Crippen molar-refractivity contribution in [2.75, 3.05) is 24.5 Å². The molecule has 2 aliphatic heterocycles. The number of likely N-dealkylation sites (N-methyl/N-ethyl adjacent to an activating group) is 1. The maximum atomic E-state index is 12.7. The molecule has 132 valence electrons. The number of carbonyl (C=O) groups excluding carboxylic acids is 1. The van der Waals surface area contributed by atoms with Crippen LogP contribution in [0, 0.1) is 5.92 Å². The molecule has 0 unspecified atom stereocenters. The number of nitrogens with zero attached hydrogens (tertiary/aromatic N) is 4. The van der Waals surface area contributed by atoms with Gasteiger partial charge in [-0.1, -0.05) is 13.8 Å². The summed E-state index contributed by atoms with van der Waals surface area (Å²) >= 11 is 0. The lowest BCUT2D eigenvalue weighted by Crippen LogP contribution is -2.52. The normalized spacial score (nSPS) is 21.8. The molecule has 0 N–H and O–H groups in total. The Hall–Kier alpha value is -2.30. The Kier molecular flexibility index (Phi) is 3.82. The molecule has 0 aliphatic carbocycles. The van der Waals surface area contributed by atoms with Crippen LogP contribution in [0.25, 0.3) is 5.82 Å². The first-order chi connectivity index (χ1) is 12.1. The van der Waals surface area contributed by atoms with Crippen molar-refractivity contribution in [2.24, 2.45) is 5.92 Å². The second-order valence-corrected chi connectivity index (χ2v) is 7.55. The highest BCUT2D eigenvalue weighted by atomic mass is 16.2. The van der Waals surface area contributed by atoms with Crippen LogP contribution < -0.4 is 4.90 Å². The molecule has 5 nitrogen and oxygen atoms in total. The van der Waals surface area contributed by atoms with E-state index in [2.05, 4.69) is 64.5 Å². The lowest BCUT2D eigenvalue weighted by molar-refractivity contribution is -0.131. The van der Waals surface area contributed by atoms with Crippen molar-refractivity contribution in [1.82, 2.24) is 14.5 Å². The van der Waals surface area contributed by atoms with E-state index in [1.165, 1.54) is 5.69 Å². The van der Waals surface area contributed by atoms with Gasteiger partial charge in [0, 0.05) is 38.4 Å². The second-order valence-electron chi connectivity index (χ2n) is 7.55. The number of likely N-dealkylation sites (tertiary alicyclic amines) is 1. The van der Waals surface area contributed by atoms with Gasteiger partial charge in [0.25, 0.3) is 0 Å². The van der Waals surface area contributed by atoms with Crippen molar-refractivity contribution in [3.05, 3.63) is 42.4 Å². The summed E-state index contributed by atoms with van der Waals surface area (Å²) in [6, 6.07) is 8.43. The number of aromatic nitrogens is 2. The molecule has 1 fully saturated rings. The lowest BCUT2D eigenvalue weighted by Gasteiger charge is -2.46.